The van der Waals surface area contributed by atoms with E-state index in [0.717, 1.165) is 11.3 Å². The molecule has 5 nitrogen and oxygen atoms in total. The van der Waals surface area contributed by atoms with E-state index in [4.69, 9.17) is 15.7 Å². The van der Waals surface area contributed by atoms with E-state index in [1.807, 2.05) is 0 Å². The van der Waals surface area contributed by atoms with Gasteiger partial charge in [-0.1, -0.05) is 5.16 Å². The van der Waals surface area contributed by atoms with Crippen LogP contribution >= 0.6 is 11.3 Å². The summed E-state index contributed by atoms with van der Waals surface area (Å²) in [4.78, 5) is 12.2. The number of carbonyl (C=O) groups is 1. The second-order valence-corrected chi connectivity index (χ2v) is 3.45. The minimum absolute atomic E-state index is 0.00875. The number of hydrogen-bond donors (Lipinski definition) is 2. The number of amidine groups is 1. The van der Waals surface area contributed by atoms with Crippen LogP contribution in [-0.4, -0.2) is 23.6 Å². The first kappa shape index (κ1) is 10.5. The molecule has 0 unspecified atom stereocenters. The SMILES string of the molecule is CCOC(=O)c1ccc(/C(N)=N\O)s1. The number of nitrogens with zero attached hydrogens (tertiary/aromatic N) is 1. The number of hydrogen-bond acceptors (Lipinski definition) is 5. The van der Waals surface area contributed by atoms with Crippen molar-refractivity contribution in [2.24, 2.45) is 10.9 Å². The lowest BCUT2D eigenvalue weighted by Crippen LogP contribution is -2.10. The molecule has 0 bridgehead atoms. The predicted molar refractivity (Wildman–Crippen MR) is 52.8 cm³/mol. The molecule has 1 rings (SSSR count). The van der Waals surface area contributed by atoms with Crippen LogP contribution in [0.5, 0.6) is 0 Å². The van der Waals surface area contributed by atoms with E-state index in [0.29, 0.717) is 16.4 Å². The zero-order valence-corrected chi connectivity index (χ0v) is 8.37. The van der Waals surface area contributed by atoms with Gasteiger partial charge in [0.2, 0.25) is 0 Å². The van der Waals surface area contributed by atoms with Crippen molar-refractivity contribution < 1.29 is 14.7 Å². The van der Waals surface area contributed by atoms with E-state index in [1.54, 1.807) is 19.1 Å². The average molecular weight is 214 g/mol. The van der Waals surface area contributed by atoms with E-state index in [9.17, 15) is 4.79 Å². The van der Waals surface area contributed by atoms with Gasteiger partial charge in [-0.25, -0.2) is 4.79 Å². The molecule has 0 spiro atoms. The van der Waals surface area contributed by atoms with Crippen LogP contribution in [0.2, 0.25) is 0 Å². The van der Waals surface area contributed by atoms with Gasteiger partial charge in [-0.2, -0.15) is 0 Å². The molecular formula is C8H10N2O3S. The largest absolute Gasteiger partial charge is 0.462 e. The minimum Gasteiger partial charge on any atom is -0.462 e. The maximum Gasteiger partial charge on any atom is 0.348 e. The molecule has 0 fully saturated rings. The second-order valence-electron chi connectivity index (χ2n) is 2.37. The van der Waals surface area contributed by atoms with Crippen molar-refractivity contribution in [3.05, 3.63) is 21.9 Å². The van der Waals surface area contributed by atoms with Crippen molar-refractivity contribution in [1.82, 2.24) is 0 Å². The Kier molecular flexibility index (Phi) is 3.47. The summed E-state index contributed by atoms with van der Waals surface area (Å²) in [5.41, 5.74) is 5.34. The molecule has 1 aromatic heterocycles. The Morgan fingerprint density at radius 3 is 2.86 bits per heavy atom. The molecule has 0 radical (unpaired) electrons. The lowest BCUT2D eigenvalue weighted by Gasteiger charge is -1.96. The van der Waals surface area contributed by atoms with Crippen molar-refractivity contribution in [1.29, 1.82) is 0 Å². The van der Waals surface area contributed by atoms with Crippen LogP contribution in [0.3, 0.4) is 0 Å². The quantitative estimate of drug-likeness (QED) is 0.258. The predicted octanol–water partition coefficient (Wildman–Crippen LogP) is 1.02. The van der Waals surface area contributed by atoms with Gasteiger partial charge in [-0.05, 0) is 19.1 Å². The highest BCUT2D eigenvalue weighted by atomic mass is 32.1. The summed E-state index contributed by atoms with van der Waals surface area (Å²) in [5, 5.41) is 11.2. The average Bonchev–Trinajstić information content (AvgIpc) is 2.66. The number of carbonyl (C=O) groups excluding carboxylic acids is 1. The van der Waals surface area contributed by atoms with Crippen molar-refractivity contribution >= 4 is 23.1 Å². The molecule has 1 aromatic rings. The van der Waals surface area contributed by atoms with Crippen LogP contribution in [-0.2, 0) is 4.74 Å². The summed E-state index contributed by atoms with van der Waals surface area (Å²) in [6, 6.07) is 3.18. The van der Waals surface area contributed by atoms with Crippen molar-refractivity contribution in [3.8, 4) is 0 Å². The summed E-state index contributed by atoms with van der Waals surface area (Å²) in [6.45, 7) is 2.06. The number of thiophene rings is 1. The Bertz CT molecular complexity index is 359. The molecule has 0 aromatic carbocycles. The Hall–Kier alpha value is -1.56. The van der Waals surface area contributed by atoms with Gasteiger partial charge in [-0.3, -0.25) is 0 Å². The molecule has 0 saturated carbocycles. The van der Waals surface area contributed by atoms with Crippen LogP contribution in [0, 0.1) is 0 Å². The summed E-state index contributed by atoms with van der Waals surface area (Å²) >= 11 is 1.12. The molecule has 3 N–H and O–H groups in total. The third kappa shape index (κ3) is 2.23. The maximum absolute atomic E-state index is 11.2. The molecule has 76 valence electrons. The first-order valence-corrected chi connectivity index (χ1v) is 4.75. The number of esters is 1. The highest BCUT2D eigenvalue weighted by molar-refractivity contribution is 7.15. The fourth-order valence-corrected chi connectivity index (χ4v) is 1.63. The van der Waals surface area contributed by atoms with Gasteiger partial charge in [0.15, 0.2) is 5.84 Å². The number of ether oxygens (including phenoxy) is 1. The van der Waals surface area contributed by atoms with Crippen LogP contribution in [0.15, 0.2) is 17.3 Å². The number of nitrogens with two attached hydrogens (primary N) is 1. The number of oxime groups is 1. The van der Waals surface area contributed by atoms with Crippen LogP contribution < -0.4 is 5.73 Å². The fourth-order valence-electron chi connectivity index (χ4n) is 0.837. The zero-order chi connectivity index (χ0) is 10.6. The normalized spacial score (nSPS) is 11.4. The van der Waals surface area contributed by atoms with Gasteiger partial charge in [-0.15, -0.1) is 11.3 Å². The highest BCUT2D eigenvalue weighted by Crippen LogP contribution is 2.16. The lowest BCUT2D eigenvalue weighted by molar-refractivity contribution is 0.0532. The summed E-state index contributed by atoms with van der Waals surface area (Å²) in [6.07, 6.45) is 0. The smallest absolute Gasteiger partial charge is 0.348 e. The third-order valence-electron chi connectivity index (χ3n) is 1.44. The molecule has 0 aliphatic rings. The Morgan fingerprint density at radius 1 is 1.64 bits per heavy atom. The maximum atomic E-state index is 11.2. The molecular weight excluding hydrogens is 204 g/mol. The molecule has 0 atom stereocenters. The molecule has 1 heterocycles. The fraction of sp³-hybridized carbons (Fsp3) is 0.250. The molecule has 6 heteroatoms. The monoisotopic (exact) mass is 214 g/mol. The minimum atomic E-state index is -0.394. The van der Waals surface area contributed by atoms with Gasteiger partial charge in [0, 0.05) is 0 Å². The van der Waals surface area contributed by atoms with E-state index >= 15 is 0 Å². The van der Waals surface area contributed by atoms with Crippen LogP contribution in [0.4, 0.5) is 0 Å². The summed E-state index contributed by atoms with van der Waals surface area (Å²) in [7, 11) is 0. The first-order valence-electron chi connectivity index (χ1n) is 3.94. The van der Waals surface area contributed by atoms with E-state index in [2.05, 4.69) is 5.16 Å². The van der Waals surface area contributed by atoms with Crippen molar-refractivity contribution in [3.63, 3.8) is 0 Å². The topological polar surface area (TPSA) is 84.9 Å². The first-order chi connectivity index (χ1) is 6.69. The Balaban J connectivity index is 2.83. The number of rotatable bonds is 3. The van der Waals surface area contributed by atoms with Crippen molar-refractivity contribution in [2.45, 2.75) is 6.92 Å². The van der Waals surface area contributed by atoms with Crippen LogP contribution in [0.1, 0.15) is 21.5 Å². The molecule has 0 aliphatic heterocycles. The van der Waals surface area contributed by atoms with Gasteiger partial charge in [0.1, 0.15) is 4.88 Å². The standard InChI is InChI=1S/C8H10N2O3S/c1-2-13-8(11)6-4-3-5(14-6)7(9)10-12/h3-4,12H,2H2,1H3,(H2,9,10). The molecule has 0 aliphatic carbocycles. The molecule has 0 amide bonds. The van der Waals surface area contributed by atoms with E-state index < -0.39 is 5.97 Å². The summed E-state index contributed by atoms with van der Waals surface area (Å²) in [5.74, 6) is -0.403. The molecule has 0 saturated heterocycles. The van der Waals surface area contributed by atoms with Crippen LogP contribution in [0.25, 0.3) is 0 Å². The van der Waals surface area contributed by atoms with Gasteiger partial charge < -0.3 is 15.7 Å². The second kappa shape index (κ2) is 4.61. The van der Waals surface area contributed by atoms with E-state index in [1.165, 1.54) is 0 Å². The van der Waals surface area contributed by atoms with E-state index in [-0.39, 0.29) is 5.84 Å². The summed E-state index contributed by atoms with van der Waals surface area (Å²) < 4.78 is 4.78. The highest BCUT2D eigenvalue weighted by Gasteiger charge is 2.11. The van der Waals surface area contributed by atoms with Gasteiger partial charge in [0.05, 0.1) is 11.5 Å². The molecule has 14 heavy (non-hydrogen) atoms. The third-order valence-corrected chi connectivity index (χ3v) is 2.53. The van der Waals surface area contributed by atoms with Gasteiger partial charge in [0.25, 0.3) is 0 Å². The van der Waals surface area contributed by atoms with Gasteiger partial charge >= 0.3 is 5.97 Å². The lowest BCUT2D eigenvalue weighted by atomic mass is 10.4. The van der Waals surface area contributed by atoms with Crippen molar-refractivity contribution in [2.75, 3.05) is 6.61 Å². The Labute approximate surface area is 84.8 Å². The zero-order valence-electron chi connectivity index (χ0n) is 7.56. The Morgan fingerprint density at radius 2 is 2.29 bits per heavy atom.